The fourth-order valence-corrected chi connectivity index (χ4v) is 11.7. The molecule has 60 heavy (non-hydrogen) atoms. The monoisotopic (exact) mass is 761 g/mol. The Balaban J connectivity index is 1.20. The summed E-state index contributed by atoms with van der Waals surface area (Å²) in [6, 6.07) is 82.0. The summed E-state index contributed by atoms with van der Waals surface area (Å²) in [6.07, 6.45) is 0. The normalized spacial score (nSPS) is 16.2. The van der Waals surface area contributed by atoms with Gasteiger partial charge in [0.1, 0.15) is 0 Å². The third-order valence-electron chi connectivity index (χ3n) is 14.1. The molecule has 0 saturated heterocycles. The quantitative estimate of drug-likeness (QED) is 0.173. The lowest BCUT2D eigenvalue weighted by Crippen LogP contribution is -2.34. The van der Waals surface area contributed by atoms with Gasteiger partial charge in [0.05, 0.1) is 22.5 Å². The molecule has 1 aliphatic heterocycles. The molecule has 0 saturated carbocycles. The summed E-state index contributed by atoms with van der Waals surface area (Å²) in [6.45, 7) is 2.51. The lowest BCUT2D eigenvalue weighted by molar-refractivity contribution is 0.705. The number of anilines is 3. The van der Waals surface area contributed by atoms with Crippen LogP contribution in [0, 0.1) is 0 Å². The molecule has 1 heteroatoms. The van der Waals surface area contributed by atoms with Crippen LogP contribution >= 0.6 is 0 Å². The molecule has 0 radical (unpaired) electrons. The third kappa shape index (κ3) is 4.21. The summed E-state index contributed by atoms with van der Waals surface area (Å²) < 4.78 is 0. The summed E-state index contributed by atoms with van der Waals surface area (Å²) in [5.74, 6) is 0. The van der Waals surface area contributed by atoms with Crippen molar-refractivity contribution in [3.8, 4) is 33.4 Å². The molecular weight excluding hydrogens is 723 g/mol. The third-order valence-corrected chi connectivity index (χ3v) is 14.1. The number of rotatable bonds is 4. The lowest BCUT2D eigenvalue weighted by atomic mass is 9.65. The largest absolute Gasteiger partial charge is 0.309 e. The molecule has 0 amide bonds. The minimum absolute atomic E-state index is 0.433. The van der Waals surface area contributed by atoms with Gasteiger partial charge in [-0.2, -0.15) is 0 Å². The van der Waals surface area contributed by atoms with E-state index >= 15 is 0 Å². The second-order valence-electron chi connectivity index (χ2n) is 16.9. The predicted molar refractivity (Wildman–Crippen MR) is 250 cm³/mol. The highest BCUT2D eigenvalue weighted by molar-refractivity contribution is 6.08. The van der Waals surface area contributed by atoms with Crippen molar-refractivity contribution in [1.82, 2.24) is 0 Å². The first-order chi connectivity index (χ1) is 29.7. The van der Waals surface area contributed by atoms with E-state index in [9.17, 15) is 0 Å². The van der Waals surface area contributed by atoms with E-state index in [1.165, 1.54) is 111 Å². The molecule has 0 aromatic heterocycles. The van der Waals surface area contributed by atoms with Crippen LogP contribution in [-0.4, -0.2) is 0 Å². The van der Waals surface area contributed by atoms with Crippen LogP contribution in [0.4, 0.5) is 17.1 Å². The molecule has 0 bridgehead atoms. The van der Waals surface area contributed by atoms with Gasteiger partial charge >= 0.3 is 0 Å². The second kappa shape index (κ2) is 12.3. The SMILES string of the molecule is CC12c3cc4c(cc3N(c3ccccc3-c3cccc5ccccc35)c3cccc(c31)-c1ccc3ccccc3c12)C(c1ccccc1)(c1ccccc1)c1ccccc1-4. The number of hydrogen-bond acceptors (Lipinski definition) is 1. The van der Waals surface area contributed by atoms with Crippen molar-refractivity contribution in [3.05, 3.63) is 257 Å². The molecule has 1 atom stereocenters. The molecule has 1 nitrogen and oxygen atoms in total. The Hall–Kier alpha value is -7.48. The summed E-state index contributed by atoms with van der Waals surface area (Å²) in [4.78, 5) is 2.62. The van der Waals surface area contributed by atoms with Gasteiger partial charge in [-0.1, -0.05) is 194 Å². The van der Waals surface area contributed by atoms with Crippen LogP contribution in [0.5, 0.6) is 0 Å². The molecule has 13 rings (SSSR count). The molecule has 280 valence electrons. The van der Waals surface area contributed by atoms with Crippen LogP contribution < -0.4 is 4.90 Å². The summed E-state index contributed by atoms with van der Waals surface area (Å²) in [5, 5.41) is 5.09. The fraction of sp³-hybridized carbons (Fsp3) is 0.0508. The van der Waals surface area contributed by atoms with Crippen LogP contribution in [0.25, 0.3) is 54.9 Å². The van der Waals surface area contributed by atoms with Crippen molar-refractivity contribution in [2.24, 2.45) is 0 Å². The molecule has 1 heterocycles. The molecule has 10 aromatic rings. The van der Waals surface area contributed by atoms with Crippen molar-refractivity contribution in [1.29, 1.82) is 0 Å². The van der Waals surface area contributed by atoms with Gasteiger partial charge in [0, 0.05) is 11.0 Å². The molecule has 0 fully saturated rings. The molecule has 1 unspecified atom stereocenters. The van der Waals surface area contributed by atoms with Crippen LogP contribution in [0.3, 0.4) is 0 Å². The summed E-state index contributed by atoms with van der Waals surface area (Å²) in [5.41, 5.74) is 19.6. The minimum atomic E-state index is -0.534. The van der Waals surface area contributed by atoms with E-state index in [1.54, 1.807) is 0 Å². The standard InChI is InChI=1S/C59H39N/c1-58-52-36-49-45-27-12-14-31-50(45)59(40-21-4-2-5-22-40,41-23-6-3-7-24-41)51(49)37-55(52)60(53-32-15-13-28-46(53)44-29-16-20-38-18-8-10-25-42(38)44)54-33-17-30-47(57(54)58)48-35-34-39-19-9-11-26-43(39)56(48)58/h2-37H,1H3. The van der Waals surface area contributed by atoms with E-state index in [1.807, 2.05) is 0 Å². The number of nitrogens with zero attached hydrogens (tertiary/aromatic N) is 1. The first kappa shape index (κ1) is 33.5. The highest BCUT2D eigenvalue weighted by Gasteiger charge is 2.53. The van der Waals surface area contributed by atoms with Crippen LogP contribution in [0.1, 0.15) is 45.9 Å². The Morgan fingerprint density at radius 1 is 0.317 bits per heavy atom. The van der Waals surface area contributed by atoms with Crippen LogP contribution in [-0.2, 0) is 10.8 Å². The highest BCUT2D eigenvalue weighted by atomic mass is 15.2. The van der Waals surface area contributed by atoms with E-state index in [2.05, 4.69) is 230 Å². The molecule has 0 spiro atoms. The van der Waals surface area contributed by atoms with Gasteiger partial charge in [-0.3, -0.25) is 0 Å². The Morgan fingerprint density at radius 2 is 0.867 bits per heavy atom. The number of benzene rings is 10. The van der Waals surface area contributed by atoms with Crippen LogP contribution in [0.15, 0.2) is 218 Å². The number of hydrogen-bond donors (Lipinski definition) is 0. The molecular formula is C59H39N. The first-order valence-corrected chi connectivity index (χ1v) is 21.1. The van der Waals surface area contributed by atoms with Crippen molar-refractivity contribution >= 4 is 38.6 Å². The molecule has 3 aliphatic rings. The minimum Gasteiger partial charge on any atom is -0.309 e. The van der Waals surface area contributed by atoms with E-state index in [-0.39, 0.29) is 0 Å². The van der Waals surface area contributed by atoms with Gasteiger partial charge in [-0.15, -0.1) is 0 Å². The van der Waals surface area contributed by atoms with Crippen molar-refractivity contribution in [2.75, 3.05) is 4.90 Å². The van der Waals surface area contributed by atoms with Gasteiger partial charge in [0.25, 0.3) is 0 Å². The zero-order chi connectivity index (χ0) is 39.6. The second-order valence-corrected chi connectivity index (χ2v) is 16.9. The first-order valence-electron chi connectivity index (χ1n) is 21.1. The van der Waals surface area contributed by atoms with Gasteiger partial charge in [-0.25, -0.2) is 0 Å². The maximum Gasteiger partial charge on any atom is 0.0714 e. The van der Waals surface area contributed by atoms with Gasteiger partial charge in [0.2, 0.25) is 0 Å². The topological polar surface area (TPSA) is 3.24 Å². The molecule has 0 N–H and O–H groups in total. The van der Waals surface area contributed by atoms with Gasteiger partial charge in [0.15, 0.2) is 0 Å². The van der Waals surface area contributed by atoms with Gasteiger partial charge < -0.3 is 4.90 Å². The van der Waals surface area contributed by atoms with Crippen molar-refractivity contribution in [3.63, 3.8) is 0 Å². The zero-order valence-electron chi connectivity index (χ0n) is 33.2. The Labute approximate surface area is 350 Å². The fourth-order valence-electron chi connectivity index (χ4n) is 11.7. The zero-order valence-corrected chi connectivity index (χ0v) is 33.2. The van der Waals surface area contributed by atoms with E-state index in [0.29, 0.717) is 0 Å². The van der Waals surface area contributed by atoms with E-state index < -0.39 is 10.8 Å². The van der Waals surface area contributed by atoms with E-state index in [4.69, 9.17) is 0 Å². The highest BCUT2D eigenvalue weighted by Crippen LogP contribution is 2.66. The Morgan fingerprint density at radius 3 is 1.65 bits per heavy atom. The Bertz CT molecular complexity index is 3350. The van der Waals surface area contributed by atoms with E-state index in [0.717, 1.165) is 0 Å². The smallest absolute Gasteiger partial charge is 0.0714 e. The average Bonchev–Trinajstić information content (AvgIpc) is 3.77. The maximum atomic E-state index is 2.62. The maximum absolute atomic E-state index is 2.62. The summed E-state index contributed by atoms with van der Waals surface area (Å²) >= 11 is 0. The number of para-hydroxylation sites is 1. The molecule has 2 aliphatic carbocycles. The average molecular weight is 762 g/mol. The molecule has 10 aromatic carbocycles. The van der Waals surface area contributed by atoms with Crippen LogP contribution in [0.2, 0.25) is 0 Å². The van der Waals surface area contributed by atoms with Crippen molar-refractivity contribution < 1.29 is 0 Å². The Kier molecular flexibility index (Phi) is 6.85. The number of fused-ring (bicyclic) bond motifs is 11. The summed E-state index contributed by atoms with van der Waals surface area (Å²) in [7, 11) is 0. The van der Waals surface area contributed by atoms with Crippen molar-refractivity contribution in [2.45, 2.75) is 17.8 Å². The predicted octanol–water partition coefficient (Wildman–Crippen LogP) is 15.1. The lowest BCUT2D eigenvalue weighted by Gasteiger charge is -2.44. The van der Waals surface area contributed by atoms with Gasteiger partial charge in [-0.05, 0) is 119 Å².